The van der Waals surface area contributed by atoms with Crippen LogP contribution in [0.15, 0.2) is 30.5 Å². The zero-order chi connectivity index (χ0) is 30.4. The highest BCUT2D eigenvalue weighted by Gasteiger charge is 2.30. The highest BCUT2D eigenvalue weighted by Crippen LogP contribution is 2.19. The van der Waals surface area contributed by atoms with Crippen molar-refractivity contribution in [2.45, 2.75) is 75.5 Å². The molecule has 4 amide bonds. The number of primary amides is 1. The Morgan fingerprint density at radius 2 is 1.34 bits per heavy atom. The van der Waals surface area contributed by atoms with Crippen molar-refractivity contribution in [3.05, 3.63) is 36.0 Å². The number of carbonyl (C=O) groups excluding carboxylic acids is 4. The number of carboxylic acids is 1. The number of para-hydroxylation sites is 1. The predicted molar refractivity (Wildman–Crippen MR) is 153 cm³/mol. The van der Waals surface area contributed by atoms with Crippen molar-refractivity contribution in [1.82, 2.24) is 20.9 Å². The van der Waals surface area contributed by atoms with Crippen LogP contribution in [0.25, 0.3) is 10.9 Å². The van der Waals surface area contributed by atoms with E-state index < -0.39 is 60.2 Å². The molecule has 0 aliphatic heterocycles. The van der Waals surface area contributed by atoms with Crippen LogP contribution >= 0.6 is 0 Å². The standard InChI is InChI=1S/C27H42N8O6/c28-11-5-3-9-20(33-24(37)18(30)14-23(31)36)25(38)34-21(10-4-6-12-29)26(39)35-22(27(40)41)13-16-15-32-19-8-2-1-7-17(16)19/h1-2,7-8,15,18,20-22,32H,3-6,9-14,28-30H2,(H2,31,36)(H,33,37)(H,34,38)(H,35,39)(H,40,41). The maximum atomic E-state index is 13.3. The molecule has 4 atom stereocenters. The van der Waals surface area contributed by atoms with Gasteiger partial charge in [-0.05, 0) is 63.2 Å². The van der Waals surface area contributed by atoms with Crippen molar-refractivity contribution in [3.8, 4) is 0 Å². The zero-order valence-electron chi connectivity index (χ0n) is 23.1. The number of fused-ring (bicyclic) bond motifs is 1. The highest BCUT2D eigenvalue weighted by atomic mass is 16.4. The number of nitrogens with two attached hydrogens (primary N) is 4. The Bertz CT molecular complexity index is 1190. The van der Waals surface area contributed by atoms with E-state index in [1.807, 2.05) is 24.3 Å². The van der Waals surface area contributed by atoms with Crippen molar-refractivity contribution >= 4 is 40.5 Å². The Hall–Kier alpha value is -4.01. The molecule has 1 heterocycles. The second-order valence-corrected chi connectivity index (χ2v) is 9.93. The molecule has 226 valence electrons. The fourth-order valence-corrected chi connectivity index (χ4v) is 4.38. The largest absolute Gasteiger partial charge is 0.480 e. The van der Waals surface area contributed by atoms with Gasteiger partial charge in [-0.15, -0.1) is 0 Å². The molecule has 1 aromatic heterocycles. The number of unbranched alkanes of at least 4 members (excludes halogenated alkanes) is 2. The third kappa shape index (κ3) is 10.8. The molecular formula is C27H42N8O6. The van der Waals surface area contributed by atoms with Gasteiger partial charge < -0.3 is 49.0 Å². The number of hydrogen-bond acceptors (Lipinski definition) is 8. The summed E-state index contributed by atoms with van der Waals surface area (Å²) in [6.07, 6.45) is 3.86. The second kappa shape index (κ2) is 16.9. The number of H-pyrrole nitrogens is 1. The molecule has 0 fully saturated rings. The molecule has 14 nitrogen and oxygen atoms in total. The molecule has 41 heavy (non-hydrogen) atoms. The number of benzene rings is 1. The Morgan fingerprint density at radius 3 is 1.88 bits per heavy atom. The molecule has 2 rings (SSSR count). The average Bonchev–Trinajstić information content (AvgIpc) is 3.33. The first-order valence-corrected chi connectivity index (χ1v) is 13.7. The van der Waals surface area contributed by atoms with E-state index in [1.165, 1.54) is 0 Å². The number of carbonyl (C=O) groups is 5. The first kappa shape index (κ1) is 33.2. The van der Waals surface area contributed by atoms with E-state index in [4.69, 9.17) is 22.9 Å². The third-order valence-corrected chi connectivity index (χ3v) is 6.63. The first-order chi connectivity index (χ1) is 19.6. The number of aromatic nitrogens is 1. The second-order valence-electron chi connectivity index (χ2n) is 9.93. The fraction of sp³-hybridized carbons (Fsp3) is 0.519. The molecule has 2 aromatic rings. The van der Waals surface area contributed by atoms with E-state index in [9.17, 15) is 29.1 Å². The van der Waals surface area contributed by atoms with Gasteiger partial charge in [-0.2, -0.15) is 0 Å². The SMILES string of the molecule is NCCCCC(NC(=O)C(N)CC(N)=O)C(=O)NC(CCCCN)C(=O)NC(Cc1c[nH]c2ccccc12)C(=O)O. The Labute approximate surface area is 238 Å². The van der Waals surface area contributed by atoms with Crippen LogP contribution < -0.4 is 38.9 Å². The minimum absolute atomic E-state index is 0.0179. The van der Waals surface area contributed by atoms with E-state index >= 15 is 0 Å². The summed E-state index contributed by atoms with van der Waals surface area (Å²) in [6, 6.07) is 2.73. The summed E-state index contributed by atoms with van der Waals surface area (Å²) < 4.78 is 0. The lowest BCUT2D eigenvalue weighted by atomic mass is 10.0. The molecular weight excluding hydrogens is 532 g/mol. The number of aromatic amines is 1. The third-order valence-electron chi connectivity index (χ3n) is 6.63. The van der Waals surface area contributed by atoms with Gasteiger partial charge in [-0.3, -0.25) is 19.2 Å². The van der Waals surface area contributed by atoms with Gasteiger partial charge >= 0.3 is 5.97 Å². The van der Waals surface area contributed by atoms with Crippen molar-refractivity contribution in [3.63, 3.8) is 0 Å². The maximum absolute atomic E-state index is 13.3. The number of carboxylic acid groups (broad SMARTS) is 1. The van der Waals surface area contributed by atoms with E-state index in [-0.39, 0.29) is 19.3 Å². The molecule has 0 radical (unpaired) electrons. The van der Waals surface area contributed by atoms with Crippen LogP contribution in [0.2, 0.25) is 0 Å². The van der Waals surface area contributed by atoms with Crippen LogP contribution in [0.5, 0.6) is 0 Å². The van der Waals surface area contributed by atoms with Crippen LogP contribution in [0, 0.1) is 0 Å². The highest BCUT2D eigenvalue weighted by molar-refractivity contribution is 5.95. The van der Waals surface area contributed by atoms with Crippen LogP contribution in [0.4, 0.5) is 0 Å². The van der Waals surface area contributed by atoms with Gasteiger partial charge in [0.1, 0.15) is 18.1 Å². The minimum atomic E-state index is -1.26. The van der Waals surface area contributed by atoms with E-state index in [0.29, 0.717) is 44.3 Å². The lowest BCUT2D eigenvalue weighted by molar-refractivity contribution is -0.142. The molecule has 0 bridgehead atoms. The van der Waals surface area contributed by atoms with Crippen LogP contribution in [-0.4, -0.2) is 76.9 Å². The van der Waals surface area contributed by atoms with Gasteiger partial charge in [0.05, 0.1) is 12.5 Å². The molecule has 0 saturated heterocycles. The van der Waals surface area contributed by atoms with Crippen LogP contribution in [-0.2, 0) is 30.4 Å². The van der Waals surface area contributed by atoms with Gasteiger partial charge in [-0.25, -0.2) is 4.79 Å². The molecule has 0 aliphatic rings. The molecule has 13 N–H and O–H groups in total. The molecule has 4 unspecified atom stereocenters. The van der Waals surface area contributed by atoms with Crippen molar-refractivity contribution in [1.29, 1.82) is 0 Å². The van der Waals surface area contributed by atoms with Gasteiger partial charge in [0.15, 0.2) is 0 Å². The van der Waals surface area contributed by atoms with Crippen LogP contribution in [0.1, 0.15) is 50.5 Å². The minimum Gasteiger partial charge on any atom is -0.480 e. The van der Waals surface area contributed by atoms with Crippen molar-refractivity contribution < 1.29 is 29.1 Å². The van der Waals surface area contributed by atoms with Gasteiger partial charge in [0, 0.05) is 23.5 Å². The lowest BCUT2D eigenvalue weighted by Crippen LogP contribution is -2.57. The Kier molecular flexibility index (Phi) is 13.7. The number of aliphatic carboxylic acids is 1. The van der Waals surface area contributed by atoms with Gasteiger partial charge in [-0.1, -0.05) is 18.2 Å². The number of amides is 4. The molecule has 14 heteroatoms. The molecule has 0 saturated carbocycles. The van der Waals surface area contributed by atoms with E-state index in [0.717, 1.165) is 10.9 Å². The molecule has 0 aliphatic carbocycles. The summed E-state index contributed by atoms with van der Waals surface area (Å²) in [6.45, 7) is 0.747. The first-order valence-electron chi connectivity index (χ1n) is 13.7. The quantitative estimate of drug-likeness (QED) is 0.0902. The maximum Gasteiger partial charge on any atom is 0.326 e. The Morgan fingerprint density at radius 1 is 0.805 bits per heavy atom. The number of hydrogen-bond donors (Lipinski definition) is 9. The zero-order valence-corrected chi connectivity index (χ0v) is 23.1. The fourth-order valence-electron chi connectivity index (χ4n) is 4.38. The molecule has 0 spiro atoms. The van der Waals surface area contributed by atoms with Crippen LogP contribution in [0.3, 0.4) is 0 Å². The topological polar surface area (TPSA) is 262 Å². The normalized spacial score (nSPS) is 14.0. The Balaban J connectivity index is 2.18. The smallest absolute Gasteiger partial charge is 0.326 e. The van der Waals surface area contributed by atoms with E-state index in [2.05, 4.69) is 20.9 Å². The van der Waals surface area contributed by atoms with Gasteiger partial charge in [0.25, 0.3) is 0 Å². The van der Waals surface area contributed by atoms with Crippen molar-refractivity contribution in [2.75, 3.05) is 13.1 Å². The lowest BCUT2D eigenvalue weighted by Gasteiger charge is -2.25. The summed E-state index contributed by atoms with van der Waals surface area (Å²) in [5, 5.41) is 18.4. The summed E-state index contributed by atoms with van der Waals surface area (Å²) in [7, 11) is 0. The predicted octanol–water partition coefficient (Wildman–Crippen LogP) is -1.29. The average molecular weight is 575 g/mol. The van der Waals surface area contributed by atoms with Crippen molar-refractivity contribution in [2.24, 2.45) is 22.9 Å². The summed E-state index contributed by atoms with van der Waals surface area (Å²) >= 11 is 0. The summed E-state index contributed by atoms with van der Waals surface area (Å²) in [4.78, 5) is 65.4. The van der Waals surface area contributed by atoms with Gasteiger partial charge in [0.2, 0.25) is 23.6 Å². The number of nitrogens with one attached hydrogen (secondary N) is 4. The van der Waals surface area contributed by atoms with E-state index in [1.54, 1.807) is 6.20 Å². The molecule has 1 aromatic carbocycles. The monoisotopic (exact) mass is 574 g/mol. The summed E-state index contributed by atoms with van der Waals surface area (Å²) in [5.41, 5.74) is 23.6. The summed E-state index contributed by atoms with van der Waals surface area (Å²) in [5.74, 6) is -4.08. The number of rotatable bonds is 19.